The fourth-order valence-corrected chi connectivity index (χ4v) is 3.78. The van der Waals surface area contributed by atoms with Gasteiger partial charge in [0.25, 0.3) is 0 Å². The van der Waals surface area contributed by atoms with Crippen molar-refractivity contribution in [2.75, 3.05) is 6.61 Å². The van der Waals surface area contributed by atoms with Gasteiger partial charge in [0.2, 0.25) is 0 Å². The highest BCUT2D eigenvalue weighted by Crippen LogP contribution is 2.31. The van der Waals surface area contributed by atoms with Gasteiger partial charge in [-0.3, -0.25) is 0 Å². The first-order valence-corrected chi connectivity index (χ1v) is 11.8. The van der Waals surface area contributed by atoms with E-state index in [-0.39, 0.29) is 0 Å². The normalized spacial score (nSPS) is 18.2. The molecule has 1 aromatic rings. The Morgan fingerprint density at radius 2 is 1.28 bits per heavy atom. The number of esters is 1. The molecule has 1 aliphatic rings. The number of carbonyl (C=O) groups excluding carboxylic acids is 1. The van der Waals surface area contributed by atoms with Crippen molar-refractivity contribution in [1.82, 2.24) is 0 Å². The average Bonchev–Trinajstić information content (AvgIpc) is 2.71. The minimum Gasteiger partial charge on any atom is -0.429 e. The van der Waals surface area contributed by atoms with Gasteiger partial charge < -0.3 is 14.2 Å². The monoisotopic (exact) mass is 404 g/mol. The standard InChI is InChI=1S/C25H40O4/c1-3-4-5-6-7-8-9-10-11-12-13-14-15-18-21-27-25(2)28-23-20-17-16-19-22(23)24(26)29-25/h16-17,19-20H,3-15,18,21H2,1-2H3. The molecule has 1 aromatic carbocycles. The predicted molar refractivity (Wildman–Crippen MR) is 117 cm³/mol. The summed E-state index contributed by atoms with van der Waals surface area (Å²) < 4.78 is 16.8. The molecule has 0 spiro atoms. The first-order chi connectivity index (χ1) is 14.1. The van der Waals surface area contributed by atoms with E-state index >= 15 is 0 Å². The van der Waals surface area contributed by atoms with Crippen molar-refractivity contribution in [2.45, 2.75) is 110 Å². The topological polar surface area (TPSA) is 44.8 Å². The van der Waals surface area contributed by atoms with Crippen LogP contribution in [0.2, 0.25) is 0 Å². The van der Waals surface area contributed by atoms with E-state index in [1.165, 1.54) is 77.0 Å². The molecule has 1 heterocycles. The molecular formula is C25H40O4. The number of benzene rings is 1. The average molecular weight is 405 g/mol. The van der Waals surface area contributed by atoms with Crippen LogP contribution in [0.15, 0.2) is 24.3 Å². The molecule has 4 heteroatoms. The molecule has 0 aliphatic carbocycles. The summed E-state index contributed by atoms with van der Waals surface area (Å²) in [5.41, 5.74) is 0.449. The number of carbonyl (C=O) groups is 1. The highest BCUT2D eigenvalue weighted by molar-refractivity contribution is 5.93. The molecule has 0 aromatic heterocycles. The second kappa shape index (κ2) is 13.6. The molecule has 0 radical (unpaired) electrons. The van der Waals surface area contributed by atoms with Crippen LogP contribution in [0.3, 0.4) is 0 Å². The van der Waals surface area contributed by atoms with Gasteiger partial charge in [0.05, 0.1) is 6.61 Å². The van der Waals surface area contributed by atoms with Gasteiger partial charge in [-0.05, 0) is 18.6 Å². The first-order valence-electron chi connectivity index (χ1n) is 11.8. The van der Waals surface area contributed by atoms with Crippen LogP contribution in [-0.2, 0) is 9.47 Å². The lowest BCUT2D eigenvalue weighted by molar-refractivity contribution is -0.309. The minimum atomic E-state index is -1.32. The molecule has 164 valence electrons. The summed E-state index contributed by atoms with van der Waals surface area (Å²) in [6, 6.07) is 7.10. The number of cyclic esters (lactones) is 1. The van der Waals surface area contributed by atoms with E-state index in [1.54, 1.807) is 25.1 Å². The van der Waals surface area contributed by atoms with E-state index in [9.17, 15) is 4.79 Å². The molecule has 0 saturated carbocycles. The third-order valence-electron chi connectivity index (χ3n) is 5.54. The maximum Gasteiger partial charge on any atom is 0.370 e. The van der Waals surface area contributed by atoms with Crippen molar-refractivity contribution in [1.29, 1.82) is 0 Å². The van der Waals surface area contributed by atoms with Gasteiger partial charge in [-0.1, -0.05) is 103 Å². The molecule has 0 fully saturated rings. The molecule has 1 atom stereocenters. The molecule has 4 nitrogen and oxygen atoms in total. The number of unbranched alkanes of at least 4 members (excludes halogenated alkanes) is 13. The van der Waals surface area contributed by atoms with Crippen molar-refractivity contribution in [3.8, 4) is 5.75 Å². The Kier molecular flexibility index (Phi) is 11.2. The molecule has 1 aliphatic heterocycles. The zero-order valence-electron chi connectivity index (χ0n) is 18.5. The minimum absolute atomic E-state index is 0.393. The molecule has 29 heavy (non-hydrogen) atoms. The van der Waals surface area contributed by atoms with Gasteiger partial charge in [0.15, 0.2) is 0 Å². The third kappa shape index (κ3) is 9.20. The van der Waals surface area contributed by atoms with Gasteiger partial charge in [-0.15, -0.1) is 0 Å². The zero-order valence-corrected chi connectivity index (χ0v) is 18.5. The predicted octanol–water partition coefficient (Wildman–Crippen LogP) is 7.41. The number of fused-ring (bicyclic) bond motifs is 1. The van der Waals surface area contributed by atoms with Gasteiger partial charge in [-0.2, -0.15) is 0 Å². The van der Waals surface area contributed by atoms with E-state index in [0.717, 1.165) is 12.8 Å². The van der Waals surface area contributed by atoms with Crippen molar-refractivity contribution < 1.29 is 19.0 Å². The van der Waals surface area contributed by atoms with Gasteiger partial charge >= 0.3 is 11.9 Å². The van der Waals surface area contributed by atoms with Crippen molar-refractivity contribution in [3.63, 3.8) is 0 Å². The lowest BCUT2D eigenvalue weighted by Crippen LogP contribution is -2.44. The summed E-state index contributed by atoms with van der Waals surface area (Å²) in [7, 11) is 0. The SMILES string of the molecule is CCCCCCCCCCCCCCCCOC1(C)OC(=O)c2ccccc2O1. The Bertz CT molecular complexity index is 586. The Morgan fingerprint density at radius 1 is 0.759 bits per heavy atom. The second-order valence-electron chi connectivity index (χ2n) is 8.29. The van der Waals surface area contributed by atoms with E-state index in [1.807, 2.05) is 6.07 Å². The van der Waals surface area contributed by atoms with Crippen LogP contribution in [-0.4, -0.2) is 18.5 Å². The fourth-order valence-electron chi connectivity index (χ4n) is 3.78. The number of hydrogen-bond donors (Lipinski definition) is 0. The zero-order chi connectivity index (χ0) is 20.8. The summed E-state index contributed by atoms with van der Waals surface area (Å²) in [5.74, 6) is -1.19. The molecule has 0 N–H and O–H groups in total. The van der Waals surface area contributed by atoms with Gasteiger partial charge in [0.1, 0.15) is 11.3 Å². The van der Waals surface area contributed by atoms with Crippen LogP contribution >= 0.6 is 0 Å². The quantitative estimate of drug-likeness (QED) is 0.212. The lowest BCUT2D eigenvalue weighted by atomic mass is 10.0. The van der Waals surface area contributed by atoms with Crippen molar-refractivity contribution in [2.24, 2.45) is 0 Å². The first kappa shape index (κ1) is 23.7. The van der Waals surface area contributed by atoms with E-state index in [4.69, 9.17) is 14.2 Å². The Morgan fingerprint density at radius 3 is 1.86 bits per heavy atom. The number of para-hydroxylation sites is 1. The molecule has 2 rings (SSSR count). The van der Waals surface area contributed by atoms with Crippen molar-refractivity contribution in [3.05, 3.63) is 29.8 Å². The molecule has 0 amide bonds. The smallest absolute Gasteiger partial charge is 0.370 e. The summed E-state index contributed by atoms with van der Waals surface area (Å²) in [4.78, 5) is 12.1. The highest BCUT2D eigenvalue weighted by atomic mass is 16.9. The van der Waals surface area contributed by atoms with Gasteiger partial charge in [-0.25, -0.2) is 4.79 Å². The van der Waals surface area contributed by atoms with Crippen LogP contribution in [0.4, 0.5) is 0 Å². The fraction of sp³-hybridized carbons (Fsp3) is 0.720. The lowest BCUT2D eigenvalue weighted by Gasteiger charge is -2.33. The summed E-state index contributed by atoms with van der Waals surface area (Å²) >= 11 is 0. The maximum absolute atomic E-state index is 12.1. The molecule has 0 saturated heterocycles. The third-order valence-corrected chi connectivity index (χ3v) is 5.54. The number of ether oxygens (including phenoxy) is 3. The van der Waals surface area contributed by atoms with Gasteiger partial charge in [0, 0.05) is 6.92 Å². The molecular weight excluding hydrogens is 364 g/mol. The summed E-state index contributed by atoms with van der Waals surface area (Å²) in [6.45, 7) is 4.46. The summed E-state index contributed by atoms with van der Waals surface area (Å²) in [5, 5.41) is 0. The molecule has 1 unspecified atom stereocenters. The Balaban J connectivity index is 1.42. The molecule has 0 bridgehead atoms. The van der Waals surface area contributed by atoms with E-state index in [0.29, 0.717) is 17.9 Å². The van der Waals surface area contributed by atoms with Crippen molar-refractivity contribution >= 4 is 5.97 Å². The number of rotatable bonds is 16. The van der Waals surface area contributed by atoms with Crippen LogP contribution in [0.1, 0.15) is 114 Å². The highest BCUT2D eigenvalue weighted by Gasteiger charge is 2.39. The second-order valence-corrected chi connectivity index (χ2v) is 8.29. The van der Waals surface area contributed by atoms with Crippen LogP contribution < -0.4 is 4.74 Å². The van der Waals surface area contributed by atoms with Crippen LogP contribution in [0.25, 0.3) is 0 Å². The largest absolute Gasteiger partial charge is 0.429 e. The van der Waals surface area contributed by atoms with Crippen LogP contribution in [0, 0.1) is 0 Å². The maximum atomic E-state index is 12.1. The summed E-state index contributed by atoms with van der Waals surface area (Å²) in [6.07, 6.45) is 18.5. The van der Waals surface area contributed by atoms with Crippen LogP contribution in [0.5, 0.6) is 5.75 Å². The van der Waals surface area contributed by atoms with E-state index in [2.05, 4.69) is 6.92 Å². The van der Waals surface area contributed by atoms with E-state index < -0.39 is 11.9 Å². The number of hydrogen-bond acceptors (Lipinski definition) is 4. The Labute approximate surface area is 177 Å². The Hall–Kier alpha value is -1.55.